The van der Waals surface area contributed by atoms with Gasteiger partial charge < -0.3 is 14.8 Å². The van der Waals surface area contributed by atoms with Crippen LogP contribution in [0.1, 0.15) is 47.5 Å². The molecule has 0 aromatic rings. The third-order valence-corrected chi connectivity index (χ3v) is 4.41. The summed E-state index contributed by atoms with van der Waals surface area (Å²) in [5.74, 6) is -0.223. The van der Waals surface area contributed by atoms with Crippen molar-refractivity contribution in [1.29, 1.82) is 0 Å². The molecule has 0 spiro atoms. The van der Waals surface area contributed by atoms with Gasteiger partial charge in [-0.15, -0.1) is 0 Å². The Bertz CT molecular complexity index is 538. The lowest BCUT2D eigenvalue weighted by atomic mass is 9.88. The molecular weight excluding hydrogens is 318 g/mol. The Morgan fingerprint density at radius 2 is 2.04 bits per heavy atom. The van der Waals surface area contributed by atoms with Crippen molar-refractivity contribution >= 4 is 11.9 Å². The first kappa shape index (κ1) is 21.2. The van der Waals surface area contributed by atoms with E-state index >= 15 is 0 Å². The van der Waals surface area contributed by atoms with E-state index in [1.807, 2.05) is 19.9 Å². The average Bonchev–Trinajstić information content (AvgIpc) is 2.53. The maximum Gasteiger partial charge on any atom is 0.303 e. The van der Waals surface area contributed by atoms with Gasteiger partial charge in [0.2, 0.25) is 5.91 Å². The molecule has 5 nitrogen and oxygen atoms in total. The predicted octanol–water partition coefficient (Wildman–Crippen LogP) is 3.31. The molecule has 1 unspecified atom stereocenters. The molecule has 5 heteroatoms. The number of rotatable bonds is 7. The Labute approximate surface area is 151 Å². The quantitative estimate of drug-likeness (QED) is 0.435. The number of hydrogen-bond donors (Lipinski definition) is 1. The van der Waals surface area contributed by atoms with E-state index in [0.29, 0.717) is 5.92 Å². The van der Waals surface area contributed by atoms with E-state index in [9.17, 15) is 9.59 Å². The summed E-state index contributed by atoms with van der Waals surface area (Å²) in [6.45, 7) is 13.0. The number of esters is 1. The molecule has 1 aliphatic heterocycles. The van der Waals surface area contributed by atoms with Gasteiger partial charge in [0, 0.05) is 13.0 Å². The van der Waals surface area contributed by atoms with Crippen LogP contribution in [-0.2, 0) is 19.1 Å². The molecule has 1 aliphatic rings. The normalized spacial score (nSPS) is 28.4. The van der Waals surface area contributed by atoms with Gasteiger partial charge in [0.15, 0.2) is 0 Å². The second-order valence-electron chi connectivity index (χ2n) is 6.77. The fraction of sp³-hybridized carbons (Fsp3) is 0.600. The van der Waals surface area contributed by atoms with Gasteiger partial charge in [-0.05, 0) is 45.6 Å². The van der Waals surface area contributed by atoms with Gasteiger partial charge >= 0.3 is 5.97 Å². The second kappa shape index (κ2) is 10.2. The minimum Gasteiger partial charge on any atom is -0.459 e. The number of ether oxygens (including phenoxy) is 2. The average molecular weight is 349 g/mol. The minimum absolute atomic E-state index is 0.0306. The third-order valence-electron chi connectivity index (χ3n) is 4.41. The van der Waals surface area contributed by atoms with Crippen LogP contribution in [0.3, 0.4) is 0 Å². The van der Waals surface area contributed by atoms with Gasteiger partial charge in [0.1, 0.15) is 6.10 Å². The molecule has 1 amide bonds. The number of carbonyl (C=O) groups excluding carboxylic acids is 2. The Morgan fingerprint density at radius 1 is 1.36 bits per heavy atom. The molecule has 1 rings (SSSR count). The lowest BCUT2D eigenvalue weighted by Gasteiger charge is -2.39. The molecular formula is C20H31NO4. The van der Waals surface area contributed by atoms with Gasteiger partial charge in [-0.3, -0.25) is 9.59 Å². The van der Waals surface area contributed by atoms with Gasteiger partial charge in [0.05, 0.1) is 18.2 Å². The predicted molar refractivity (Wildman–Crippen MR) is 99.0 cm³/mol. The van der Waals surface area contributed by atoms with E-state index in [4.69, 9.17) is 9.47 Å². The molecule has 0 radical (unpaired) electrons. The molecule has 0 aromatic carbocycles. The first-order valence-corrected chi connectivity index (χ1v) is 8.83. The standard InChI is InChI=1S/C20H31NO4/c1-7-13(2)8-10-19-14(3)12-18(16(5)25-19)21-20(23)11-9-15(4)24-17(6)22/h7-9,11,14-16,18-19H,1,10,12H2,2-6H3,(H,21,23)/b11-9-,13-8+/t14-,15?,16+,18+,19-/m0/s1. The van der Waals surface area contributed by atoms with Crippen LogP contribution in [0.15, 0.2) is 36.5 Å². The van der Waals surface area contributed by atoms with Crippen molar-refractivity contribution in [3.63, 3.8) is 0 Å². The van der Waals surface area contributed by atoms with Crippen LogP contribution in [0.5, 0.6) is 0 Å². The Balaban J connectivity index is 2.53. The fourth-order valence-corrected chi connectivity index (χ4v) is 2.85. The van der Waals surface area contributed by atoms with Crippen molar-refractivity contribution < 1.29 is 19.1 Å². The summed E-state index contributed by atoms with van der Waals surface area (Å²) >= 11 is 0. The van der Waals surface area contributed by atoms with E-state index in [1.165, 1.54) is 13.0 Å². The van der Waals surface area contributed by atoms with Crippen molar-refractivity contribution in [3.8, 4) is 0 Å². The maximum atomic E-state index is 12.1. The summed E-state index contributed by atoms with van der Waals surface area (Å²) < 4.78 is 11.1. The maximum absolute atomic E-state index is 12.1. The molecule has 0 bridgehead atoms. The van der Waals surface area contributed by atoms with Gasteiger partial charge in [-0.2, -0.15) is 0 Å². The second-order valence-corrected chi connectivity index (χ2v) is 6.77. The number of carbonyl (C=O) groups is 2. The summed E-state index contributed by atoms with van der Waals surface area (Å²) in [7, 11) is 0. The molecule has 5 atom stereocenters. The molecule has 0 aromatic heterocycles. The fourth-order valence-electron chi connectivity index (χ4n) is 2.85. The monoisotopic (exact) mass is 349 g/mol. The molecule has 25 heavy (non-hydrogen) atoms. The zero-order valence-electron chi connectivity index (χ0n) is 16.0. The van der Waals surface area contributed by atoms with E-state index in [0.717, 1.165) is 18.4 Å². The Hall–Kier alpha value is -1.88. The molecule has 1 N–H and O–H groups in total. The first-order chi connectivity index (χ1) is 11.7. The minimum atomic E-state index is -0.425. The zero-order valence-corrected chi connectivity index (χ0v) is 16.0. The van der Waals surface area contributed by atoms with Gasteiger partial charge in [-0.25, -0.2) is 0 Å². The highest BCUT2D eigenvalue weighted by molar-refractivity contribution is 5.87. The number of amides is 1. The molecule has 140 valence electrons. The lowest BCUT2D eigenvalue weighted by molar-refractivity contribution is -0.143. The van der Waals surface area contributed by atoms with Crippen LogP contribution in [0.25, 0.3) is 0 Å². The largest absolute Gasteiger partial charge is 0.459 e. The molecule has 1 heterocycles. The Kier molecular flexibility index (Phi) is 8.62. The van der Waals surface area contributed by atoms with Crippen molar-refractivity contribution in [3.05, 3.63) is 36.5 Å². The summed E-state index contributed by atoms with van der Waals surface area (Å²) in [4.78, 5) is 22.9. The van der Waals surface area contributed by atoms with Gasteiger partial charge in [-0.1, -0.05) is 31.2 Å². The summed E-state index contributed by atoms with van der Waals surface area (Å²) in [5, 5.41) is 2.98. The first-order valence-electron chi connectivity index (χ1n) is 8.83. The zero-order chi connectivity index (χ0) is 19.0. The third kappa shape index (κ3) is 7.69. The molecule has 0 saturated carbocycles. The smallest absolute Gasteiger partial charge is 0.303 e. The highest BCUT2D eigenvalue weighted by Crippen LogP contribution is 2.27. The number of hydrogen-bond acceptors (Lipinski definition) is 4. The van der Waals surface area contributed by atoms with Gasteiger partial charge in [0.25, 0.3) is 0 Å². The van der Waals surface area contributed by atoms with E-state index in [1.54, 1.807) is 13.0 Å². The van der Waals surface area contributed by atoms with Crippen molar-refractivity contribution in [1.82, 2.24) is 5.32 Å². The highest BCUT2D eigenvalue weighted by Gasteiger charge is 2.33. The van der Waals surface area contributed by atoms with Crippen LogP contribution in [-0.4, -0.2) is 36.2 Å². The number of allylic oxidation sites excluding steroid dienone is 2. The topological polar surface area (TPSA) is 64.6 Å². The van der Waals surface area contributed by atoms with Crippen molar-refractivity contribution in [2.24, 2.45) is 5.92 Å². The molecule has 1 saturated heterocycles. The van der Waals surface area contributed by atoms with E-state index in [2.05, 4.69) is 24.9 Å². The van der Waals surface area contributed by atoms with E-state index in [-0.39, 0.29) is 30.1 Å². The summed E-state index contributed by atoms with van der Waals surface area (Å²) in [6.07, 6.45) is 8.34. The Morgan fingerprint density at radius 3 is 2.64 bits per heavy atom. The van der Waals surface area contributed by atoms with Crippen molar-refractivity contribution in [2.45, 2.75) is 71.8 Å². The molecule has 1 fully saturated rings. The van der Waals surface area contributed by atoms with Crippen LogP contribution in [0.2, 0.25) is 0 Å². The lowest BCUT2D eigenvalue weighted by Crippen LogP contribution is -2.50. The van der Waals surface area contributed by atoms with Crippen LogP contribution in [0.4, 0.5) is 0 Å². The summed E-state index contributed by atoms with van der Waals surface area (Å²) in [5.41, 5.74) is 1.14. The summed E-state index contributed by atoms with van der Waals surface area (Å²) in [6, 6.07) is -0.0306. The van der Waals surface area contributed by atoms with Crippen LogP contribution in [0, 0.1) is 5.92 Å². The molecule has 0 aliphatic carbocycles. The van der Waals surface area contributed by atoms with Crippen LogP contribution < -0.4 is 5.32 Å². The van der Waals surface area contributed by atoms with Crippen molar-refractivity contribution in [2.75, 3.05) is 0 Å². The SMILES string of the molecule is C=C/C(C)=C/C[C@@H]1O[C@H](C)[C@H](NC(=O)/C=C\C(C)OC(C)=O)C[C@@H]1C. The van der Waals surface area contributed by atoms with E-state index < -0.39 is 6.10 Å². The highest BCUT2D eigenvalue weighted by atomic mass is 16.5. The number of nitrogens with one attached hydrogen (secondary N) is 1. The van der Waals surface area contributed by atoms with Crippen LogP contribution >= 0.6 is 0 Å².